The first-order valence-electron chi connectivity index (χ1n) is 8.32. The Hall–Kier alpha value is -2.84. The van der Waals surface area contributed by atoms with E-state index in [1.165, 1.54) is 12.3 Å². The molecule has 1 fully saturated rings. The summed E-state index contributed by atoms with van der Waals surface area (Å²) in [6.07, 6.45) is 3.89. The van der Waals surface area contributed by atoms with Crippen LogP contribution in [0.3, 0.4) is 0 Å². The average Bonchev–Trinajstić information content (AvgIpc) is 3.32. The molecule has 0 bridgehead atoms. The number of hydrogen-bond donors (Lipinski definition) is 0. The Balaban J connectivity index is 1.50. The van der Waals surface area contributed by atoms with Gasteiger partial charge in [0.05, 0.1) is 19.5 Å². The molecule has 2 aromatic rings. The molecule has 0 spiro atoms. The van der Waals surface area contributed by atoms with Crippen LogP contribution in [0.2, 0.25) is 0 Å². The third-order valence-electron chi connectivity index (χ3n) is 4.22. The molecule has 0 N–H and O–H groups in total. The number of carbonyl (C=O) groups excluding carboxylic acids is 1. The Morgan fingerprint density at radius 2 is 2.16 bits per heavy atom. The van der Waals surface area contributed by atoms with Gasteiger partial charge in [0, 0.05) is 25.1 Å². The SMILES string of the molecule is N#CC(=Cc1ccco1)C(=O)N1CCC(COCc2ccccc2)C1. The van der Waals surface area contributed by atoms with Crippen molar-refractivity contribution in [3.05, 3.63) is 65.6 Å². The summed E-state index contributed by atoms with van der Waals surface area (Å²) in [5.41, 5.74) is 1.24. The summed E-state index contributed by atoms with van der Waals surface area (Å²) < 4.78 is 10.9. The highest BCUT2D eigenvalue weighted by Crippen LogP contribution is 2.20. The van der Waals surface area contributed by atoms with Gasteiger partial charge < -0.3 is 14.1 Å². The highest BCUT2D eigenvalue weighted by molar-refractivity contribution is 6.01. The Morgan fingerprint density at radius 1 is 1.32 bits per heavy atom. The zero-order valence-corrected chi connectivity index (χ0v) is 13.9. The molecular formula is C20H20N2O3. The van der Waals surface area contributed by atoms with Crippen molar-refractivity contribution in [3.8, 4) is 6.07 Å². The number of furan rings is 1. The predicted molar refractivity (Wildman–Crippen MR) is 93.1 cm³/mol. The molecule has 2 heterocycles. The second kappa shape index (κ2) is 8.32. The topological polar surface area (TPSA) is 66.5 Å². The van der Waals surface area contributed by atoms with E-state index in [9.17, 15) is 10.1 Å². The summed E-state index contributed by atoms with van der Waals surface area (Å²) in [4.78, 5) is 14.2. The Kier molecular flexibility index (Phi) is 5.65. The van der Waals surface area contributed by atoms with Crippen LogP contribution in [0.5, 0.6) is 0 Å². The van der Waals surface area contributed by atoms with E-state index in [1.54, 1.807) is 17.0 Å². The molecule has 3 rings (SSSR count). The second-order valence-electron chi connectivity index (χ2n) is 6.09. The smallest absolute Gasteiger partial charge is 0.264 e. The zero-order valence-electron chi connectivity index (χ0n) is 13.9. The fourth-order valence-electron chi connectivity index (χ4n) is 2.90. The molecule has 128 valence electrons. The van der Waals surface area contributed by atoms with Crippen molar-refractivity contribution in [2.24, 2.45) is 5.92 Å². The third kappa shape index (κ3) is 4.59. The Bertz CT molecular complexity index is 760. The van der Waals surface area contributed by atoms with Gasteiger partial charge in [0.2, 0.25) is 0 Å². The minimum absolute atomic E-state index is 0.0980. The van der Waals surface area contributed by atoms with Crippen LogP contribution < -0.4 is 0 Å². The van der Waals surface area contributed by atoms with Crippen LogP contribution in [0.4, 0.5) is 0 Å². The molecule has 1 amide bonds. The highest BCUT2D eigenvalue weighted by Gasteiger charge is 2.28. The monoisotopic (exact) mass is 336 g/mol. The van der Waals surface area contributed by atoms with Crippen molar-refractivity contribution in [1.29, 1.82) is 5.26 Å². The molecule has 1 aliphatic rings. The third-order valence-corrected chi connectivity index (χ3v) is 4.22. The minimum Gasteiger partial charge on any atom is -0.465 e. The zero-order chi connectivity index (χ0) is 17.5. The molecular weight excluding hydrogens is 316 g/mol. The first-order valence-corrected chi connectivity index (χ1v) is 8.32. The van der Waals surface area contributed by atoms with Gasteiger partial charge in [-0.1, -0.05) is 30.3 Å². The van der Waals surface area contributed by atoms with Gasteiger partial charge >= 0.3 is 0 Å². The van der Waals surface area contributed by atoms with E-state index >= 15 is 0 Å². The summed E-state index contributed by atoms with van der Waals surface area (Å²) in [5, 5.41) is 9.26. The van der Waals surface area contributed by atoms with Crippen LogP contribution in [-0.2, 0) is 16.1 Å². The number of nitriles is 1. The van der Waals surface area contributed by atoms with E-state index in [4.69, 9.17) is 9.15 Å². The largest absolute Gasteiger partial charge is 0.465 e. The van der Waals surface area contributed by atoms with Crippen LogP contribution in [0.15, 0.2) is 58.7 Å². The second-order valence-corrected chi connectivity index (χ2v) is 6.09. The van der Waals surface area contributed by atoms with Gasteiger partial charge in [-0.2, -0.15) is 5.26 Å². The number of amides is 1. The Morgan fingerprint density at radius 3 is 2.88 bits per heavy atom. The van der Waals surface area contributed by atoms with Crippen LogP contribution in [0.1, 0.15) is 17.7 Å². The fourth-order valence-corrected chi connectivity index (χ4v) is 2.90. The first kappa shape index (κ1) is 17.0. The number of benzene rings is 1. The predicted octanol–water partition coefficient (Wildman–Crippen LogP) is 3.25. The fraction of sp³-hybridized carbons (Fsp3) is 0.300. The van der Waals surface area contributed by atoms with Gasteiger partial charge in [0.15, 0.2) is 0 Å². The van der Waals surface area contributed by atoms with Gasteiger partial charge in [-0.3, -0.25) is 4.79 Å². The van der Waals surface area contributed by atoms with Crippen LogP contribution in [0, 0.1) is 17.2 Å². The molecule has 1 aromatic carbocycles. The lowest BCUT2D eigenvalue weighted by Gasteiger charge is -2.16. The van der Waals surface area contributed by atoms with Crippen molar-refractivity contribution < 1.29 is 13.9 Å². The molecule has 5 heteroatoms. The molecule has 0 aliphatic carbocycles. The van der Waals surface area contributed by atoms with E-state index in [0.29, 0.717) is 38.0 Å². The van der Waals surface area contributed by atoms with E-state index in [0.717, 1.165) is 12.0 Å². The van der Waals surface area contributed by atoms with E-state index < -0.39 is 0 Å². The standard InChI is InChI=1S/C20H20N2O3/c21-12-18(11-19-7-4-10-25-19)20(23)22-9-8-17(13-22)15-24-14-16-5-2-1-3-6-16/h1-7,10-11,17H,8-9,13-15H2. The molecule has 1 atom stereocenters. The summed E-state index contributed by atoms with van der Waals surface area (Å²) >= 11 is 0. The van der Waals surface area contributed by atoms with E-state index in [2.05, 4.69) is 0 Å². The maximum absolute atomic E-state index is 12.5. The molecule has 1 aromatic heterocycles. The van der Waals surface area contributed by atoms with Gasteiger partial charge in [-0.25, -0.2) is 0 Å². The van der Waals surface area contributed by atoms with Gasteiger partial charge in [0.25, 0.3) is 5.91 Å². The summed E-state index contributed by atoms with van der Waals surface area (Å²) in [5.74, 6) is 0.563. The number of carbonyl (C=O) groups is 1. The average molecular weight is 336 g/mol. The lowest BCUT2D eigenvalue weighted by molar-refractivity contribution is -0.125. The lowest BCUT2D eigenvalue weighted by atomic mass is 10.1. The number of likely N-dealkylation sites (tertiary alicyclic amines) is 1. The van der Waals surface area contributed by atoms with Crippen molar-refractivity contribution in [2.75, 3.05) is 19.7 Å². The van der Waals surface area contributed by atoms with Gasteiger partial charge in [-0.05, 0) is 24.1 Å². The van der Waals surface area contributed by atoms with Crippen molar-refractivity contribution >= 4 is 12.0 Å². The highest BCUT2D eigenvalue weighted by atomic mass is 16.5. The molecule has 0 saturated carbocycles. The van der Waals surface area contributed by atoms with Crippen LogP contribution in [-0.4, -0.2) is 30.5 Å². The summed E-state index contributed by atoms with van der Waals surface area (Å²) in [6.45, 7) is 2.45. The number of ether oxygens (including phenoxy) is 1. The minimum atomic E-state index is -0.246. The van der Waals surface area contributed by atoms with Crippen molar-refractivity contribution in [3.63, 3.8) is 0 Å². The van der Waals surface area contributed by atoms with Crippen LogP contribution >= 0.6 is 0 Å². The summed E-state index contributed by atoms with van der Waals surface area (Å²) in [7, 11) is 0. The molecule has 25 heavy (non-hydrogen) atoms. The van der Waals surface area contributed by atoms with Crippen LogP contribution in [0.25, 0.3) is 6.08 Å². The molecule has 0 radical (unpaired) electrons. The lowest BCUT2D eigenvalue weighted by Crippen LogP contribution is -2.30. The van der Waals surface area contributed by atoms with Crippen molar-refractivity contribution in [1.82, 2.24) is 4.90 Å². The number of hydrogen-bond acceptors (Lipinski definition) is 4. The molecule has 5 nitrogen and oxygen atoms in total. The molecule has 1 unspecified atom stereocenters. The van der Waals surface area contributed by atoms with E-state index in [-0.39, 0.29) is 11.5 Å². The Labute approximate surface area is 147 Å². The van der Waals surface area contributed by atoms with Gasteiger partial charge in [0.1, 0.15) is 17.4 Å². The number of rotatable bonds is 6. The van der Waals surface area contributed by atoms with E-state index in [1.807, 2.05) is 36.4 Å². The van der Waals surface area contributed by atoms with Gasteiger partial charge in [-0.15, -0.1) is 0 Å². The normalized spacial score (nSPS) is 17.5. The summed E-state index contributed by atoms with van der Waals surface area (Å²) in [6, 6.07) is 15.4. The molecule has 1 saturated heterocycles. The molecule has 1 aliphatic heterocycles. The quantitative estimate of drug-likeness (QED) is 0.600. The first-order chi connectivity index (χ1) is 12.3. The van der Waals surface area contributed by atoms with Crippen molar-refractivity contribution in [2.45, 2.75) is 13.0 Å². The maximum Gasteiger partial charge on any atom is 0.264 e. The maximum atomic E-state index is 12.5. The number of nitrogens with zero attached hydrogens (tertiary/aromatic N) is 2.